The van der Waals surface area contributed by atoms with Gasteiger partial charge in [0.2, 0.25) is 0 Å². The molecule has 0 aromatic heterocycles. The molecule has 40 N–H and O–H groups in total. The highest BCUT2D eigenvalue weighted by Gasteiger charge is 2.17. The summed E-state index contributed by atoms with van der Waals surface area (Å²) in [4.78, 5) is 117. The van der Waals surface area contributed by atoms with E-state index in [1.807, 2.05) is 13.8 Å². The molecule has 0 saturated heterocycles. The molecule has 0 fully saturated rings. The van der Waals surface area contributed by atoms with Gasteiger partial charge in [0.1, 0.15) is 48.3 Å². The lowest BCUT2D eigenvalue weighted by Gasteiger charge is -2.07. The lowest BCUT2D eigenvalue weighted by Crippen LogP contribution is -2.34. The molecule has 0 radical (unpaired) electrons. The SMILES string of the molecule is CC(C)C[C@H](N)C(=O)O.CC(C)[C@H](N)C(=O)O.CC(C)[C@H](N)C(=O)O.CC(C)[C@H](N)C(=O)O.CC(C)[C@H](N)C(=O)O.C[C@H](N)C(=O)O.NCC(=O)O.NCC(=O)O.NCC(=O)O.NCC(=O)O.NCCCC[C@H](N)C(=O)O.NCCCC[C@H](N)C(=O)O. The minimum absolute atomic E-state index is 0.0208. The van der Waals surface area contributed by atoms with Gasteiger partial charge >= 0.3 is 71.6 Å². The number of aliphatic carboxylic acids is 12. The lowest BCUT2D eigenvalue weighted by molar-refractivity contribution is -0.140. The van der Waals surface area contributed by atoms with E-state index in [1.165, 1.54) is 6.92 Å². The first-order valence-electron chi connectivity index (χ1n) is 26.3. The fourth-order valence-electron chi connectivity index (χ4n) is 3.01. The topological polar surface area (TPSA) is 812 Å². The summed E-state index contributed by atoms with van der Waals surface area (Å²) in [6.07, 6.45) is 4.88. The van der Waals surface area contributed by atoms with Crippen LogP contribution in [-0.2, 0) is 57.5 Å². The van der Waals surface area contributed by atoms with Crippen LogP contribution < -0.4 is 80.3 Å². The third-order valence-corrected chi connectivity index (χ3v) is 8.72. The zero-order valence-electron chi connectivity index (χ0n) is 52.0. The number of carboxylic acids is 12. The van der Waals surface area contributed by atoms with Crippen molar-refractivity contribution in [1.82, 2.24) is 0 Å². The van der Waals surface area contributed by atoms with E-state index in [2.05, 4.69) is 22.9 Å². The molecule has 0 saturated carbocycles. The molecule has 0 rings (SSSR count). The number of carboxylic acid groups (broad SMARTS) is 12. The molecule has 0 bridgehead atoms. The maximum atomic E-state index is 10.1. The van der Waals surface area contributed by atoms with Gasteiger partial charge in [-0.15, -0.1) is 0 Å². The van der Waals surface area contributed by atoms with Gasteiger partial charge < -0.3 is 142 Å². The van der Waals surface area contributed by atoms with Gasteiger partial charge in [0.25, 0.3) is 0 Å². The van der Waals surface area contributed by atoms with Crippen LogP contribution in [0.4, 0.5) is 0 Å². The predicted octanol–water partition coefficient (Wildman–Crippen LogP) is -4.75. The average Bonchev–Trinajstić information content (AvgIpc) is 3.41. The van der Waals surface area contributed by atoms with Crippen LogP contribution >= 0.6 is 0 Å². The van der Waals surface area contributed by atoms with E-state index >= 15 is 0 Å². The first-order chi connectivity index (χ1) is 39.3. The standard InChI is InChI=1S/2C6H14N2O2.C6H13NO2.4C5H11NO2.C3H7NO2.4C2H5NO2/c2*7-4-2-1-3-5(8)6(9)10;1-4(2)3-5(7)6(8)9;4*1-3(2)4(6)5(7)8;1-2(4)3(5)6;4*3-1-2(4)5/h2*5H,1-4,7-8H2,(H,9,10);4-5H,3,7H2,1-2H3,(H,8,9);4*3-4H,6H2,1-2H3,(H,7,8);2H,4H2,1H3,(H,5,6);4*1,3H2,(H,4,5)/t3*5-;4*4-;2-;;;;/m00000000..../s1. The van der Waals surface area contributed by atoms with Gasteiger partial charge in [-0.25, -0.2) is 0 Å². The first-order valence-corrected chi connectivity index (χ1v) is 26.3. The van der Waals surface area contributed by atoms with E-state index in [1.54, 1.807) is 55.4 Å². The van der Waals surface area contributed by atoms with Gasteiger partial charge in [0.05, 0.1) is 26.2 Å². The zero-order chi connectivity index (χ0) is 72.6. The number of unbranched alkanes of at least 4 members (excludes halogenated alkanes) is 2. The Bertz CT molecular complexity index is 1610. The van der Waals surface area contributed by atoms with Gasteiger partial charge in [-0.1, -0.05) is 82.1 Å². The second-order valence-corrected chi connectivity index (χ2v) is 19.0. The predicted molar refractivity (Wildman–Crippen MR) is 322 cm³/mol. The Morgan fingerprint density at radius 3 is 0.494 bits per heavy atom. The van der Waals surface area contributed by atoms with Crippen molar-refractivity contribution in [2.75, 3.05) is 39.3 Å². The summed E-state index contributed by atoms with van der Waals surface area (Å²) in [6.45, 7) is 19.6. The molecule has 0 aromatic rings. The number of carbonyl (C=O) groups is 12. The summed E-state index contributed by atoms with van der Waals surface area (Å²) < 4.78 is 0. The van der Waals surface area contributed by atoms with E-state index in [9.17, 15) is 57.5 Å². The molecule has 0 aliphatic rings. The van der Waals surface area contributed by atoms with Crippen molar-refractivity contribution in [2.45, 2.75) is 169 Å². The quantitative estimate of drug-likeness (QED) is 0.0362. The Hall–Kier alpha value is -6.92. The monoisotopic (exact) mass is 1280 g/mol. The van der Waals surface area contributed by atoms with Crippen molar-refractivity contribution in [3.05, 3.63) is 0 Å². The Labute approximate surface area is 508 Å². The second kappa shape index (κ2) is 73.3. The Morgan fingerprint density at radius 1 is 0.276 bits per heavy atom. The van der Waals surface area contributed by atoms with Crippen LogP contribution in [0.1, 0.15) is 121 Å². The van der Waals surface area contributed by atoms with Crippen LogP contribution in [0.5, 0.6) is 0 Å². The van der Waals surface area contributed by atoms with E-state index in [-0.39, 0.29) is 49.9 Å². The largest absolute Gasteiger partial charge is 0.480 e. The van der Waals surface area contributed by atoms with Crippen molar-refractivity contribution in [2.24, 2.45) is 110 Å². The molecule has 0 heterocycles. The zero-order valence-corrected chi connectivity index (χ0v) is 52.0. The van der Waals surface area contributed by atoms with Crippen LogP contribution in [0.3, 0.4) is 0 Å². The molecule has 38 heteroatoms. The van der Waals surface area contributed by atoms with E-state index < -0.39 is 120 Å². The van der Waals surface area contributed by atoms with Crippen molar-refractivity contribution >= 4 is 71.6 Å². The van der Waals surface area contributed by atoms with Crippen LogP contribution in [0.2, 0.25) is 0 Å². The molecule has 0 amide bonds. The molecule has 0 spiro atoms. The molecule has 8 atom stereocenters. The summed E-state index contributed by atoms with van der Waals surface area (Å²) >= 11 is 0. The maximum Gasteiger partial charge on any atom is 0.320 e. The van der Waals surface area contributed by atoms with E-state index in [0.717, 1.165) is 25.7 Å². The van der Waals surface area contributed by atoms with Crippen LogP contribution in [0.25, 0.3) is 0 Å². The van der Waals surface area contributed by atoms with E-state index in [0.29, 0.717) is 38.3 Å². The maximum absolute atomic E-state index is 10.1. The number of rotatable bonds is 26. The smallest absolute Gasteiger partial charge is 0.320 e. The highest BCUT2D eigenvalue weighted by Crippen LogP contribution is 2.02. The highest BCUT2D eigenvalue weighted by molar-refractivity contribution is 5.76. The molecule has 0 aliphatic heterocycles. The Balaban J connectivity index is -0.0000000711. The van der Waals surface area contributed by atoms with Crippen molar-refractivity contribution in [3.8, 4) is 0 Å². The summed E-state index contributed by atoms with van der Waals surface area (Å²) in [5.74, 6) is -10.9. The molecule has 522 valence electrons. The van der Waals surface area contributed by atoms with Gasteiger partial charge in [-0.3, -0.25) is 57.5 Å². The fraction of sp³-hybridized carbons (Fsp3) is 0.755. The minimum Gasteiger partial charge on any atom is -0.480 e. The third kappa shape index (κ3) is 118. The normalized spacial score (nSPS) is 12.2. The fourth-order valence-corrected chi connectivity index (χ4v) is 3.01. The summed E-state index contributed by atoms with van der Waals surface area (Å²) in [5, 5.41) is 96.1. The first kappa shape index (κ1) is 108. The number of hydrogen-bond donors (Lipinski definition) is 26. The highest BCUT2D eigenvalue weighted by atomic mass is 16.4. The molecule has 0 aliphatic carbocycles. The summed E-state index contributed by atoms with van der Waals surface area (Å²) in [7, 11) is 0. The lowest BCUT2D eigenvalue weighted by atomic mass is 10.1. The average molecular weight is 1280 g/mol. The van der Waals surface area contributed by atoms with Crippen molar-refractivity contribution in [1.29, 1.82) is 0 Å². The van der Waals surface area contributed by atoms with E-state index in [4.69, 9.17) is 119 Å². The van der Waals surface area contributed by atoms with Crippen LogP contribution in [0.15, 0.2) is 0 Å². The number of nitrogens with two attached hydrogens (primary N) is 14. The molecular formula is C49H112N14O24. The van der Waals surface area contributed by atoms with Crippen molar-refractivity contribution < 1.29 is 119 Å². The van der Waals surface area contributed by atoms with Gasteiger partial charge in [-0.2, -0.15) is 0 Å². The van der Waals surface area contributed by atoms with Gasteiger partial charge in [-0.05, 0) is 81.7 Å². The molecule has 38 nitrogen and oxygen atoms in total. The molecule has 0 aromatic carbocycles. The number of hydrogen-bond acceptors (Lipinski definition) is 26. The van der Waals surface area contributed by atoms with Crippen molar-refractivity contribution in [3.63, 3.8) is 0 Å². The summed E-state index contributed by atoms with van der Waals surface area (Å²) in [5.41, 5.74) is 69.8. The van der Waals surface area contributed by atoms with Crippen LogP contribution in [-0.4, -0.2) is 221 Å². The van der Waals surface area contributed by atoms with Crippen LogP contribution in [0, 0.1) is 29.6 Å². The molecule has 0 unspecified atom stereocenters. The Kier molecular flexibility index (Phi) is 91.1. The molecular weight excluding hydrogens is 1170 g/mol. The van der Waals surface area contributed by atoms with Gasteiger partial charge in [0.15, 0.2) is 0 Å². The Morgan fingerprint density at radius 2 is 0.437 bits per heavy atom. The third-order valence-electron chi connectivity index (χ3n) is 8.72. The minimum atomic E-state index is -0.968. The summed E-state index contributed by atoms with van der Waals surface area (Å²) in [6, 6.07) is -5.71. The van der Waals surface area contributed by atoms with Gasteiger partial charge in [0, 0.05) is 0 Å². The molecule has 87 heavy (non-hydrogen) atoms. The second-order valence-electron chi connectivity index (χ2n) is 19.0.